The van der Waals surface area contributed by atoms with E-state index in [9.17, 15) is 9.59 Å². The highest BCUT2D eigenvalue weighted by atomic mass is 32.1. The molecular formula is C25H31NO3S. The zero-order valence-electron chi connectivity index (χ0n) is 17.8. The molecule has 2 bridgehead atoms. The minimum atomic E-state index is -0.735. The number of hydrogen-bond donors (Lipinski definition) is 2. The first-order chi connectivity index (χ1) is 14.4. The summed E-state index contributed by atoms with van der Waals surface area (Å²) < 4.78 is 1.15. The summed E-state index contributed by atoms with van der Waals surface area (Å²) in [6.07, 6.45) is 9.32. The number of nitrogens with one attached hydrogen (secondary N) is 1. The number of aliphatic carboxylic acids is 1. The summed E-state index contributed by atoms with van der Waals surface area (Å²) in [6.45, 7) is 4.70. The van der Waals surface area contributed by atoms with E-state index < -0.39 is 5.97 Å². The van der Waals surface area contributed by atoms with Crippen LogP contribution in [0.5, 0.6) is 0 Å². The molecule has 160 valence electrons. The Labute approximate surface area is 182 Å². The quantitative estimate of drug-likeness (QED) is 0.410. The van der Waals surface area contributed by atoms with Crippen LogP contribution in [0.1, 0.15) is 62.7 Å². The maximum atomic E-state index is 13.2. The first-order valence-corrected chi connectivity index (χ1v) is 11.9. The van der Waals surface area contributed by atoms with Crippen LogP contribution in [0.25, 0.3) is 10.1 Å². The number of allylic oxidation sites excluding steroid dienone is 2. The van der Waals surface area contributed by atoms with E-state index in [-0.39, 0.29) is 23.8 Å². The van der Waals surface area contributed by atoms with E-state index in [1.54, 1.807) is 11.3 Å². The molecule has 2 aromatic rings. The Bertz CT molecular complexity index is 960. The van der Waals surface area contributed by atoms with Crippen LogP contribution in [0.15, 0.2) is 41.8 Å². The highest BCUT2D eigenvalue weighted by Gasteiger charge is 2.57. The Morgan fingerprint density at radius 3 is 2.80 bits per heavy atom. The van der Waals surface area contributed by atoms with Gasteiger partial charge in [0.1, 0.15) is 0 Å². The number of fused-ring (bicyclic) bond motifs is 3. The standard InChI is InChI=1S/C25H31NO3S/c1-25(2)17-13-16(9-5-3-4-6-12-22(27)28)23(20(25)14-17)26-24(29)19-15-30-21-11-8-7-10-18(19)21/h3,5,7-8,10-11,15-17,20,23H,4,6,9,12-14H2,1-2H3,(H,26,29)(H,27,28)/b5-3-. The zero-order chi connectivity index (χ0) is 21.3. The third-order valence-corrected chi connectivity index (χ3v) is 8.43. The van der Waals surface area contributed by atoms with E-state index >= 15 is 0 Å². The van der Waals surface area contributed by atoms with Gasteiger partial charge >= 0.3 is 5.97 Å². The predicted molar refractivity (Wildman–Crippen MR) is 122 cm³/mol. The fourth-order valence-corrected chi connectivity index (χ4v) is 6.45. The summed E-state index contributed by atoms with van der Waals surface area (Å²) in [4.78, 5) is 23.9. The molecule has 3 fully saturated rings. The van der Waals surface area contributed by atoms with E-state index in [4.69, 9.17) is 5.11 Å². The van der Waals surface area contributed by atoms with Crippen LogP contribution >= 0.6 is 11.3 Å². The topological polar surface area (TPSA) is 66.4 Å². The smallest absolute Gasteiger partial charge is 0.303 e. The largest absolute Gasteiger partial charge is 0.481 e. The van der Waals surface area contributed by atoms with Gasteiger partial charge in [-0.25, -0.2) is 0 Å². The number of hydrogen-bond acceptors (Lipinski definition) is 3. The van der Waals surface area contributed by atoms with E-state index in [0.29, 0.717) is 18.3 Å². The minimum absolute atomic E-state index is 0.0500. The average molecular weight is 426 g/mol. The molecule has 0 aliphatic heterocycles. The summed E-state index contributed by atoms with van der Waals surface area (Å²) >= 11 is 1.63. The van der Waals surface area contributed by atoms with Crippen LogP contribution in [0.4, 0.5) is 0 Å². The zero-order valence-corrected chi connectivity index (χ0v) is 18.6. The van der Waals surface area contributed by atoms with Crippen molar-refractivity contribution in [3.63, 3.8) is 0 Å². The Balaban J connectivity index is 1.44. The lowest BCUT2D eigenvalue weighted by atomic mass is 9.44. The number of benzene rings is 1. The second-order valence-electron chi connectivity index (χ2n) is 9.49. The molecule has 1 heterocycles. The molecule has 3 aliphatic carbocycles. The van der Waals surface area contributed by atoms with Crippen molar-refractivity contribution in [2.75, 3.05) is 0 Å². The number of thiophene rings is 1. The van der Waals surface area contributed by atoms with Crippen LogP contribution in [-0.2, 0) is 4.79 Å². The lowest BCUT2D eigenvalue weighted by Crippen LogP contribution is -2.63. The van der Waals surface area contributed by atoms with Gasteiger partial charge in [0.2, 0.25) is 0 Å². The Morgan fingerprint density at radius 2 is 2.03 bits per heavy atom. The molecule has 30 heavy (non-hydrogen) atoms. The van der Waals surface area contributed by atoms with Crippen molar-refractivity contribution >= 4 is 33.3 Å². The van der Waals surface area contributed by atoms with E-state index in [1.165, 1.54) is 6.42 Å². The molecule has 3 saturated carbocycles. The first kappa shape index (κ1) is 21.1. The summed E-state index contributed by atoms with van der Waals surface area (Å²) in [5.41, 5.74) is 1.08. The molecule has 0 radical (unpaired) electrons. The van der Waals surface area contributed by atoms with Gasteiger partial charge < -0.3 is 10.4 Å². The van der Waals surface area contributed by atoms with Crippen molar-refractivity contribution in [2.45, 2.75) is 58.4 Å². The summed E-state index contributed by atoms with van der Waals surface area (Å²) in [5, 5.41) is 15.2. The molecule has 0 saturated heterocycles. The molecular weight excluding hydrogens is 394 g/mol. The average Bonchev–Trinajstić information content (AvgIpc) is 3.15. The fourth-order valence-electron chi connectivity index (χ4n) is 5.51. The van der Waals surface area contributed by atoms with Gasteiger partial charge in [-0.3, -0.25) is 9.59 Å². The predicted octanol–water partition coefficient (Wildman–Crippen LogP) is 5.88. The third kappa shape index (κ3) is 4.04. The molecule has 4 unspecified atom stereocenters. The van der Waals surface area contributed by atoms with Crippen LogP contribution < -0.4 is 5.32 Å². The maximum Gasteiger partial charge on any atom is 0.303 e. The van der Waals surface area contributed by atoms with E-state index in [0.717, 1.165) is 40.8 Å². The number of unbranched alkanes of at least 4 members (excludes halogenated alkanes) is 1. The summed E-state index contributed by atoms with van der Waals surface area (Å²) in [7, 11) is 0. The van der Waals surface area contributed by atoms with Crippen molar-refractivity contribution in [1.29, 1.82) is 0 Å². The van der Waals surface area contributed by atoms with Gasteiger partial charge in [0.15, 0.2) is 0 Å². The molecule has 3 aliphatic rings. The second kappa shape index (κ2) is 8.54. The molecule has 1 amide bonds. The van der Waals surface area contributed by atoms with Crippen molar-refractivity contribution in [1.82, 2.24) is 5.32 Å². The van der Waals surface area contributed by atoms with E-state index in [1.807, 2.05) is 23.6 Å². The minimum Gasteiger partial charge on any atom is -0.481 e. The highest BCUT2D eigenvalue weighted by molar-refractivity contribution is 7.17. The lowest BCUT2D eigenvalue weighted by Gasteiger charge is -2.62. The highest BCUT2D eigenvalue weighted by Crippen LogP contribution is 2.61. The molecule has 0 spiro atoms. The van der Waals surface area contributed by atoms with Gasteiger partial charge in [-0.1, -0.05) is 44.2 Å². The van der Waals surface area contributed by atoms with Crippen LogP contribution in [0.2, 0.25) is 0 Å². The van der Waals surface area contributed by atoms with Crippen LogP contribution in [0, 0.1) is 23.2 Å². The number of amides is 1. The Kier molecular flexibility index (Phi) is 6.01. The number of carboxylic acid groups (broad SMARTS) is 1. The van der Waals surface area contributed by atoms with Gasteiger partial charge in [-0.05, 0) is 61.3 Å². The maximum absolute atomic E-state index is 13.2. The van der Waals surface area contributed by atoms with Gasteiger partial charge in [-0.2, -0.15) is 0 Å². The third-order valence-electron chi connectivity index (χ3n) is 7.47. The second-order valence-corrected chi connectivity index (χ2v) is 10.4. The summed E-state index contributed by atoms with van der Waals surface area (Å²) in [6, 6.07) is 8.29. The first-order valence-electron chi connectivity index (χ1n) is 11.0. The number of rotatable bonds is 8. The molecule has 2 N–H and O–H groups in total. The molecule has 1 aromatic heterocycles. The van der Waals surface area contributed by atoms with Crippen LogP contribution in [0.3, 0.4) is 0 Å². The Hall–Kier alpha value is -2.14. The van der Waals surface area contributed by atoms with Crippen molar-refractivity contribution in [3.05, 3.63) is 47.4 Å². The normalized spacial score (nSPS) is 27.1. The van der Waals surface area contributed by atoms with Gasteiger partial charge in [0.25, 0.3) is 5.91 Å². The summed E-state index contributed by atoms with van der Waals surface area (Å²) in [5.74, 6) is 1.03. The van der Waals surface area contributed by atoms with Gasteiger partial charge in [0, 0.05) is 27.9 Å². The SMILES string of the molecule is CC1(C)C2CC(C/C=C\CCCC(=O)O)C(NC(=O)c3csc4ccccc34)C1C2. The van der Waals surface area contributed by atoms with Gasteiger partial charge in [-0.15, -0.1) is 11.3 Å². The molecule has 5 rings (SSSR count). The Morgan fingerprint density at radius 1 is 1.23 bits per heavy atom. The van der Waals surface area contributed by atoms with Crippen molar-refractivity contribution < 1.29 is 14.7 Å². The molecule has 4 atom stereocenters. The molecule has 5 heteroatoms. The number of carbonyl (C=O) groups excluding carboxylic acids is 1. The van der Waals surface area contributed by atoms with Gasteiger partial charge in [0.05, 0.1) is 5.56 Å². The van der Waals surface area contributed by atoms with Crippen LogP contribution in [-0.4, -0.2) is 23.0 Å². The molecule has 4 nitrogen and oxygen atoms in total. The monoisotopic (exact) mass is 425 g/mol. The fraction of sp³-hybridized carbons (Fsp3) is 0.520. The van der Waals surface area contributed by atoms with Crippen molar-refractivity contribution in [2.24, 2.45) is 23.2 Å². The molecule has 1 aromatic carbocycles. The number of carboxylic acids is 1. The van der Waals surface area contributed by atoms with E-state index in [2.05, 4.69) is 37.4 Å². The lowest BCUT2D eigenvalue weighted by molar-refractivity contribution is -0.137. The van der Waals surface area contributed by atoms with Crippen molar-refractivity contribution in [3.8, 4) is 0 Å². The number of carbonyl (C=O) groups is 2.